The molecule has 0 radical (unpaired) electrons. The number of nitrogens with zero attached hydrogens (tertiary/aromatic N) is 1. The van der Waals surface area contributed by atoms with E-state index < -0.39 is 28.1 Å². The Balaban J connectivity index is 1.33. The zero-order valence-corrected chi connectivity index (χ0v) is 22.9. The quantitative estimate of drug-likeness (QED) is 0.265. The number of carbonyl (C=O) groups excluding carboxylic acids is 2. The maximum atomic E-state index is 12.9. The van der Waals surface area contributed by atoms with Crippen molar-refractivity contribution < 1.29 is 29.6 Å². The molecule has 0 spiro atoms. The molecule has 4 fully saturated rings. The van der Waals surface area contributed by atoms with Crippen LogP contribution < -0.4 is 5.43 Å². The zero-order valence-electron chi connectivity index (χ0n) is 22.9. The minimum atomic E-state index is -1.17. The fraction of sp³-hybridized carbons (Fsp3) is 0.645. The molecule has 4 N–H and O–H groups in total. The summed E-state index contributed by atoms with van der Waals surface area (Å²) in [6.07, 6.45) is 8.21. The summed E-state index contributed by atoms with van der Waals surface area (Å²) < 4.78 is 5.23. The van der Waals surface area contributed by atoms with E-state index in [1.54, 1.807) is 18.4 Å². The average molecular weight is 537 g/mol. The number of hydrogen-bond acceptors (Lipinski definition) is 7. The van der Waals surface area contributed by atoms with E-state index in [1.165, 1.54) is 0 Å². The van der Waals surface area contributed by atoms with E-state index in [9.17, 15) is 24.9 Å². The first-order valence-corrected chi connectivity index (χ1v) is 14.4. The third-order valence-corrected chi connectivity index (χ3v) is 11.5. The Hall–Kier alpha value is -2.55. The molecule has 0 bridgehead atoms. The average Bonchev–Trinajstić information content (AvgIpc) is 3.44. The van der Waals surface area contributed by atoms with Crippen molar-refractivity contribution in [1.82, 2.24) is 5.43 Å². The van der Waals surface area contributed by atoms with Crippen LogP contribution in [-0.2, 0) is 9.53 Å². The van der Waals surface area contributed by atoms with Crippen molar-refractivity contribution in [2.75, 3.05) is 6.61 Å². The Morgan fingerprint density at radius 1 is 1.08 bits per heavy atom. The van der Waals surface area contributed by atoms with E-state index in [4.69, 9.17) is 4.74 Å². The highest BCUT2D eigenvalue weighted by Crippen LogP contribution is 2.70. The van der Waals surface area contributed by atoms with E-state index in [-0.39, 0.29) is 36.1 Å². The number of fused-ring (bicyclic) bond motifs is 5. The molecule has 6 rings (SSSR count). The van der Waals surface area contributed by atoms with Gasteiger partial charge in [0, 0.05) is 35.1 Å². The summed E-state index contributed by atoms with van der Waals surface area (Å²) in [6.45, 7) is 4.35. The lowest BCUT2D eigenvalue weighted by atomic mass is 9.41. The summed E-state index contributed by atoms with van der Waals surface area (Å²) in [6, 6.07) is 7.33. The molecule has 4 saturated carbocycles. The summed E-state index contributed by atoms with van der Waals surface area (Å²) in [5.41, 5.74) is 1.80. The lowest BCUT2D eigenvalue weighted by Gasteiger charge is -2.65. The van der Waals surface area contributed by atoms with Crippen LogP contribution in [0.1, 0.15) is 80.6 Å². The van der Waals surface area contributed by atoms with Gasteiger partial charge in [-0.3, -0.25) is 4.79 Å². The molecule has 1 aliphatic heterocycles. The summed E-state index contributed by atoms with van der Waals surface area (Å²) in [7, 11) is 0. The second-order valence-corrected chi connectivity index (χ2v) is 13.0. The van der Waals surface area contributed by atoms with Gasteiger partial charge >= 0.3 is 5.97 Å². The van der Waals surface area contributed by atoms with Crippen LogP contribution in [0.25, 0.3) is 0 Å². The van der Waals surface area contributed by atoms with Crippen molar-refractivity contribution in [1.29, 1.82) is 0 Å². The van der Waals surface area contributed by atoms with E-state index in [0.717, 1.165) is 30.4 Å². The summed E-state index contributed by atoms with van der Waals surface area (Å²) >= 11 is 0. The first-order valence-electron chi connectivity index (χ1n) is 14.4. The molecule has 5 aliphatic rings. The number of ether oxygens (including phenoxy) is 1. The second-order valence-electron chi connectivity index (χ2n) is 13.0. The van der Waals surface area contributed by atoms with Crippen LogP contribution in [0.4, 0.5) is 0 Å². The molecule has 8 heteroatoms. The third-order valence-electron chi connectivity index (χ3n) is 11.5. The minimum absolute atomic E-state index is 0.0462. The summed E-state index contributed by atoms with van der Waals surface area (Å²) in [5, 5.41) is 39.6. The summed E-state index contributed by atoms with van der Waals surface area (Å²) in [5.74, 6) is -0.627. The molecule has 210 valence electrons. The van der Waals surface area contributed by atoms with Crippen LogP contribution in [0.15, 0.2) is 41.0 Å². The van der Waals surface area contributed by atoms with Crippen molar-refractivity contribution >= 4 is 18.1 Å². The number of carbonyl (C=O) groups is 2. The number of hydrogen-bond donors (Lipinski definition) is 4. The van der Waals surface area contributed by atoms with Crippen molar-refractivity contribution in [3.8, 4) is 0 Å². The molecular formula is C31H40N2O6. The number of esters is 1. The number of benzene rings is 1. The van der Waals surface area contributed by atoms with Gasteiger partial charge in [0.15, 0.2) is 0 Å². The van der Waals surface area contributed by atoms with Gasteiger partial charge in [-0.15, -0.1) is 0 Å². The summed E-state index contributed by atoms with van der Waals surface area (Å²) in [4.78, 5) is 24.7. The molecule has 0 aromatic heterocycles. The van der Waals surface area contributed by atoms with Crippen molar-refractivity contribution in [3.63, 3.8) is 0 Å². The normalized spacial score (nSPS) is 43.3. The van der Waals surface area contributed by atoms with Gasteiger partial charge in [0.05, 0.1) is 17.3 Å². The lowest BCUT2D eigenvalue weighted by Crippen LogP contribution is -2.68. The highest BCUT2D eigenvalue weighted by molar-refractivity contribution is 5.95. The van der Waals surface area contributed by atoms with E-state index in [2.05, 4.69) is 17.5 Å². The van der Waals surface area contributed by atoms with E-state index in [0.29, 0.717) is 44.3 Å². The number of amides is 1. The van der Waals surface area contributed by atoms with Gasteiger partial charge in [-0.2, -0.15) is 5.10 Å². The minimum Gasteiger partial charge on any atom is -0.458 e. The van der Waals surface area contributed by atoms with Crippen molar-refractivity contribution in [2.24, 2.45) is 33.7 Å². The molecule has 0 unspecified atom stereocenters. The maximum Gasteiger partial charge on any atom is 0.331 e. The number of aliphatic hydroxyl groups is 3. The van der Waals surface area contributed by atoms with Crippen molar-refractivity contribution in [3.05, 3.63) is 47.0 Å². The number of nitrogens with one attached hydrogen (secondary N) is 1. The molecule has 1 aromatic rings. The first kappa shape index (κ1) is 26.7. The lowest BCUT2D eigenvalue weighted by molar-refractivity contribution is -0.237. The highest BCUT2D eigenvalue weighted by Gasteiger charge is 2.71. The number of rotatable bonds is 4. The molecule has 8 nitrogen and oxygen atoms in total. The zero-order chi connectivity index (χ0) is 27.6. The Kier molecular flexibility index (Phi) is 6.32. The van der Waals surface area contributed by atoms with Crippen LogP contribution in [-0.4, -0.2) is 57.3 Å². The van der Waals surface area contributed by atoms with Gasteiger partial charge in [-0.1, -0.05) is 25.1 Å². The van der Waals surface area contributed by atoms with Crippen LogP contribution in [0.5, 0.6) is 0 Å². The topological polar surface area (TPSA) is 128 Å². The smallest absolute Gasteiger partial charge is 0.331 e. The van der Waals surface area contributed by atoms with Gasteiger partial charge in [0.1, 0.15) is 6.61 Å². The van der Waals surface area contributed by atoms with Gasteiger partial charge in [-0.05, 0) is 93.2 Å². The van der Waals surface area contributed by atoms with Crippen LogP contribution in [0.2, 0.25) is 0 Å². The number of aliphatic hydroxyl groups excluding tert-OH is 1. The van der Waals surface area contributed by atoms with E-state index in [1.807, 2.05) is 25.1 Å². The Morgan fingerprint density at radius 3 is 2.59 bits per heavy atom. The number of aryl methyl sites for hydroxylation is 1. The Morgan fingerprint density at radius 2 is 1.85 bits per heavy atom. The maximum absolute atomic E-state index is 12.9. The van der Waals surface area contributed by atoms with Crippen LogP contribution in [0, 0.1) is 35.5 Å². The predicted octanol–water partition coefficient (Wildman–Crippen LogP) is 3.42. The monoisotopic (exact) mass is 536 g/mol. The van der Waals surface area contributed by atoms with Gasteiger partial charge in [-0.25, -0.2) is 10.2 Å². The first-order chi connectivity index (χ1) is 18.5. The predicted molar refractivity (Wildman–Crippen MR) is 145 cm³/mol. The second kappa shape index (κ2) is 9.25. The number of cyclic esters (lactones) is 1. The molecule has 39 heavy (non-hydrogen) atoms. The molecule has 1 heterocycles. The third kappa shape index (κ3) is 3.85. The molecule has 8 atom stereocenters. The fourth-order valence-corrected chi connectivity index (χ4v) is 9.45. The molecule has 4 aliphatic carbocycles. The molecular weight excluding hydrogens is 496 g/mol. The van der Waals surface area contributed by atoms with Gasteiger partial charge < -0.3 is 20.1 Å². The Bertz CT molecular complexity index is 1250. The van der Waals surface area contributed by atoms with Crippen LogP contribution in [0.3, 0.4) is 0 Å². The van der Waals surface area contributed by atoms with Crippen molar-refractivity contribution in [2.45, 2.75) is 88.9 Å². The molecule has 1 aromatic carbocycles. The largest absolute Gasteiger partial charge is 0.458 e. The standard InChI is InChI=1S/C31H40N2O6/c1-19-5-3-4-6-22(19)27(36)33-32-18-29-12-7-21(34)16-30(29,37)13-9-25-24(29)8-11-28(2)23(10-14-31(25,28)38)20-15-26(35)39-17-20/h3-6,15,18,21,23-25,34,37-38H,7-14,16-17H2,1-2H3,(H,33,36)/b32-18-/t21-,23+,24+,25-,28-,29+,30-,31+/m1/s1. The molecule has 1 amide bonds. The SMILES string of the molecule is Cc1ccccc1C(=O)N/N=C\[C@]12CC[C@@H](O)C[C@]1(O)CC[C@@H]1[C@@H]2CC[C@]2(C)[C@H](C3=CC(=O)OC3)CC[C@]12O. The Labute approximate surface area is 229 Å². The fourth-order valence-electron chi connectivity index (χ4n) is 9.45. The highest BCUT2D eigenvalue weighted by atomic mass is 16.5. The van der Waals surface area contributed by atoms with Gasteiger partial charge in [0.25, 0.3) is 5.91 Å². The molecule has 0 saturated heterocycles. The number of hydrazone groups is 1. The van der Waals surface area contributed by atoms with Gasteiger partial charge in [0.2, 0.25) is 0 Å². The van der Waals surface area contributed by atoms with Crippen LogP contribution >= 0.6 is 0 Å². The van der Waals surface area contributed by atoms with E-state index >= 15 is 0 Å².